The second-order valence-electron chi connectivity index (χ2n) is 0. The molecule has 0 unspecified atom stereocenters. The van der Waals surface area contributed by atoms with E-state index in [4.69, 9.17) is 0 Å². The molecule has 0 aliphatic carbocycles. The van der Waals surface area contributed by atoms with Gasteiger partial charge in [-0.1, -0.05) is 0 Å². The quantitative estimate of drug-likeness (QED) is 0.367. The van der Waals surface area contributed by atoms with Crippen LogP contribution in [0.15, 0.2) is 0 Å². The molecule has 0 amide bonds. The normalized spacial score (nSPS) is 0. The predicted molar refractivity (Wildman–Crippen MR) is 31.4 cm³/mol. The molecule has 0 N–H and O–H groups in total. The molecule has 0 saturated carbocycles. The predicted octanol–water partition coefficient (Wildman–Crippen LogP) is -3.13. The first kappa shape index (κ1) is 29.6. The van der Waals surface area contributed by atoms with E-state index in [9.17, 15) is 0 Å². The first-order valence-corrected chi connectivity index (χ1v) is 0. The maximum atomic E-state index is 0. The van der Waals surface area contributed by atoms with E-state index in [1.54, 1.807) is 0 Å². The van der Waals surface area contributed by atoms with Gasteiger partial charge in [0.25, 0.3) is 0 Å². The van der Waals surface area contributed by atoms with Gasteiger partial charge in [0.15, 0.2) is 0 Å². The summed E-state index contributed by atoms with van der Waals surface area (Å²) in [7, 11) is 0. The van der Waals surface area contributed by atoms with Gasteiger partial charge < -0.3 is 0 Å². The van der Waals surface area contributed by atoms with Gasteiger partial charge in [-0.25, -0.2) is 0 Å². The molecule has 0 saturated heterocycles. The van der Waals surface area contributed by atoms with Crippen LogP contribution in [0.25, 0.3) is 0 Å². The summed E-state index contributed by atoms with van der Waals surface area (Å²) in [5.41, 5.74) is 0. The van der Waals surface area contributed by atoms with E-state index < -0.39 is 0 Å². The van der Waals surface area contributed by atoms with Gasteiger partial charge in [-0.2, -0.15) is 0 Å². The topological polar surface area (TPSA) is 0 Å². The van der Waals surface area contributed by atoms with E-state index >= 15 is 0 Å². The molecule has 0 aliphatic heterocycles. The Morgan fingerprint density at radius 1 is 1.00 bits per heavy atom. The molecule has 0 aromatic carbocycles. The van der Waals surface area contributed by atoms with Gasteiger partial charge in [-0.3, -0.25) is 0 Å². The third kappa shape index (κ3) is 18.2. The molecule has 0 bridgehead atoms. The van der Waals surface area contributed by atoms with Crippen LogP contribution in [0.2, 0.25) is 0 Å². The van der Waals surface area contributed by atoms with Crippen molar-refractivity contribution >= 4 is 210 Å². The fraction of sp³-hybridized carbons (Fsp3) is 0. The Morgan fingerprint density at radius 2 is 1.00 bits per heavy atom. The second kappa shape index (κ2) is 22.5. The molecule has 0 aromatic rings. The van der Waals surface area contributed by atoms with Crippen LogP contribution >= 0.6 is 0 Å². The molecular weight excluding hydrogens is 410 g/mol. The first-order valence-electron chi connectivity index (χ1n) is 0. The second-order valence-corrected chi connectivity index (χ2v) is 0. The van der Waals surface area contributed by atoms with Crippen molar-refractivity contribution in [1.29, 1.82) is 0 Å². The third-order valence-electron chi connectivity index (χ3n) is 0. The van der Waals surface area contributed by atoms with Crippen molar-refractivity contribution in [2.24, 2.45) is 0 Å². The molecule has 5 heavy (non-hydrogen) atoms. The van der Waals surface area contributed by atoms with E-state index in [0.29, 0.717) is 0 Å². The van der Waals surface area contributed by atoms with Crippen LogP contribution in [-0.4, -0.2) is 210 Å². The molecule has 0 aromatic heterocycles. The number of rotatable bonds is 0. The van der Waals surface area contributed by atoms with Crippen molar-refractivity contribution in [2.45, 2.75) is 0 Å². The molecule has 1 radical (unpaired) electrons. The van der Waals surface area contributed by atoms with Crippen molar-refractivity contribution in [3.05, 3.63) is 0 Å². The molecule has 0 aliphatic rings. The Morgan fingerprint density at radius 3 is 1.00 bits per heavy atom. The molecule has 0 rings (SSSR count). The Hall–Kier alpha value is 7.12. The van der Waals surface area contributed by atoms with E-state index in [1.807, 2.05) is 0 Å². The van der Waals surface area contributed by atoms with E-state index in [2.05, 4.69) is 0 Å². The van der Waals surface area contributed by atoms with Crippen molar-refractivity contribution in [2.75, 3.05) is 0 Å². The van der Waals surface area contributed by atoms with E-state index in [1.165, 1.54) is 0 Å². The van der Waals surface area contributed by atoms with Gasteiger partial charge in [-0.15, -0.1) is 0 Å². The standard InChI is InChI=1S/Ca.Cs.Cu.Rb.Sr.6H. The van der Waals surface area contributed by atoms with Crippen LogP contribution in [0.3, 0.4) is 0 Å². The van der Waals surface area contributed by atoms with Crippen LogP contribution in [0.1, 0.15) is 0 Å². The summed E-state index contributed by atoms with van der Waals surface area (Å²) in [5, 5.41) is 0. The minimum atomic E-state index is 0. The van der Waals surface area contributed by atoms with Crippen LogP contribution in [0.5, 0.6) is 0 Å². The fourth-order valence-electron chi connectivity index (χ4n) is 0. The fourth-order valence-corrected chi connectivity index (χ4v) is 0. The summed E-state index contributed by atoms with van der Waals surface area (Å²) in [4.78, 5) is 0. The summed E-state index contributed by atoms with van der Waals surface area (Å²) >= 11 is 0. The average molecular weight is 416 g/mol. The van der Waals surface area contributed by atoms with Gasteiger partial charge in [0.1, 0.15) is 0 Å². The van der Waals surface area contributed by atoms with Gasteiger partial charge in [-0.05, 0) is 0 Å². The van der Waals surface area contributed by atoms with Gasteiger partial charge in [0.05, 0.1) is 0 Å². The molecule has 0 heterocycles. The van der Waals surface area contributed by atoms with Gasteiger partial charge >= 0.3 is 210 Å². The molecule has 0 nitrogen and oxygen atoms in total. The summed E-state index contributed by atoms with van der Waals surface area (Å²) < 4.78 is 0. The van der Waals surface area contributed by atoms with E-state index in [0.717, 1.165) is 0 Å². The Balaban J connectivity index is 0. The van der Waals surface area contributed by atoms with Gasteiger partial charge in [0.2, 0.25) is 0 Å². The molecule has 0 spiro atoms. The molecule has 5 heteroatoms. The number of hydrogen-bond donors (Lipinski definition) is 0. The minimum absolute atomic E-state index is 0. The Kier molecular flexibility index (Phi) is 133. The van der Waals surface area contributed by atoms with Crippen molar-refractivity contribution in [3.8, 4) is 0 Å². The molecule has 0 fully saturated rings. The van der Waals surface area contributed by atoms with Crippen LogP contribution < -0.4 is 0 Å². The SMILES string of the molecule is [CaH2].[CsH].[Cu].[RbH].[SrH2]. The van der Waals surface area contributed by atoms with Crippen molar-refractivity contribution < 1.29 is 17.1 Å². The van der Waals surface area contributed by atoms with Crippen LogP contribution in [-0.2, 0) is 17.1 Å². The molecule has 23 valence electrons. The van der Waals surface area contributed by atoms with Crippen LogP contribution in [0.4, 0.5) is 0 Å². The summed E-state index contributed by atoms with van der Waals surface area (Å²) in [6.07, 6.45) is 0. The van der Waals surface area contributed by atoms with E-state index in [-0.39, 0.29) is 227 Å². The summed E-state index contributed by atoms with van der Waals surface area (Å²) in [6, 6.07) is 0. The zero-order valence-corrected chi connectivity index (χ0v) is 1.24. The Bertz CT molecular complexity index is 11.6. The van der Waals surface area contributed by atoms with Crippen LogP contribution in [0, 0.1) is 0 Å². The third-order valence-corrected chi connectivity index (χ3v) is 0. The molecule has 0 atom stereocenters. The maximum absolute atomic E-state index is 0. The zero-order valence-electron chi connectivity index (χ0n) is 0.302. The first-order chi connectivity index (χ1) is 0. The van der Waals surface area contributed by atoms with Crippen molar-refractivity contribution in [3.63, 3.8) is 0 Å². The van der Waals surface area contributed by atoms with Gasteiger partial charge in [0, 0.05) is 17.1 Å². The summed E-state index contributed by atoms with van der Waals surface area (Å²) in [6.45, 7) is 0. The summed E-state index contributed by atoms with van der Waals surface area (Å²) in [5.74, 6) is 0. The van der Waals surface area contributed by atoms with Crippen molar-refractivity contribution in [1.82, 2.24) is 0 Å². The monoisotopic (exact) mass is 415 g/mol. The molecular formula is H6CaCsCuRbSr. The zero-order chi connectivity index (χ0) is 0. The Labute approximate surface area is 218 Å². The number of hydrogen-bond acceptors (Lipinski definition) is 0. The average Bonchev–Trinajstić information content (AvgIpc) is 0.